The first-order valence-corrected chi connectivity index (χ1v) is 9.22. The fourth-order valence-corrected chi connectivity index (χ4v) is 3.51. The minimum absolute atomic E-state index is 0.0152. The van der Waals surface area contributed by atoms with Gasteiger partial charge < -0.3 is 9.30 Å². The van der Waals surface area contributed by atoms with Crippen molar-refractivity contribution in [1.82, 2.24) is 14.0 Å². The molecule has 3 heterocycles. The number of pyridine rings is 2. The summed E-state index contributed by atoms with van der Waals surface area (Å²) in [6.45, 7) is 2.03. The van der Waals surface area contributed by atoms with E-state index in [0.717, 1.165) is 11.1 Å². The molecule has 146 valence electrons. The van der Waals surface area contributed by atoms with Gasteiger partial charge in [0.2, 0.25) is 0 Å². The molecule has 4 aromatic rings. The molecule has 0 saturated heterocycles. The van der Waals surface area contributed by atoms with Gasteiger partial charge in [0.1, 0.15) is 22.3 Å². The van der Waals surface area contributed by atoms with Crippen LogP contribution in [-0.4, -0.2) is 27.0 Å². The van der Waals surface area contributed by atoms with Gasteiger partial charge in [-0.3, -0.25) is 14.6 Å². The molecule has 4 rings (SSSR count). The van der Waals surface area contributed by atoms with Crippen LogP contribution in [-0.2, 0) is 11.3 Å². The molecule has 0 saturated carbocycles. The van der Waals surface area contributed by atoms with E-state index in [1.165, 1.54) is 22.1 Å². The van der Waals surface area contributed by atoms with Crippen LogP contribution >= 0.6 is 11.6 Å². The molecule has 8 heteroatoms. The van der Waals surface area contributed by atoms with Crippen molar-refractivity contribution in [3.05, 3.63) is 86.2 Å². The second kappa shape index (κ2) is 7.18. The first-order valence-electron chi connectivity index (χ1n) is 8.84. The molecule has 0 radical (unpaired) electrons. The zero-order valence-corrected chi connectivity index (χ0v) is 16.5. The summed E-state index contributed by atoms with van der Waals surface area (Å²) in [6, 6.07) is 12.2. The number of methoxy groups -OCH3 is 1. The summed E-state index contributed by atoms with van der Waals surface area (Å²) in [5.74, 6) is -0.696. The van der Waals surface area contributed by atoms with Crippen LogP contribution < -0.4 is 11.0 Å². The number of rotatable bonds is 3. The van der Waals surface area contributed by atoms with Gasteiger partial charge in [-0.15, -0.1) is 0 Å². The van der Waals surface area contributed by atoms with Gasteiger partial charge in [-0.2, -0.15) is 0 Å². The quantitative estimate of drug-likeness (QED) is 0.417. The van der Waals surface area contributed by atoms with Gasteiger partial charge in [0.25, 0.3) is 5.56 Å². The van der Waals surface area contributed by atoms with Gasteiger partial charge in [-0.1, -0.05) is 35.9 Å². The number of nitrogens with zero attached hydrogens (tertiary/aromatic N) is 3. The largest absolute Gasteiger partial charge is 0.465 e. The van der Waals surface area contributed by atoms with Crippen molar-refractivity contribution in [1.29, 1.82) is 5.41 Å². The van der Waals surface area contributed by atoms with E-state index in [4.69, 9.17) is 21.7 Å². The molecule has 0 fully saturated rings. The number of benzene rings is 1. The van der Waals surface area contributed by atoms with Crippen LogP contribution in [0.15, 0.2) is 53.5 Å². The Morgan fingerprint density at radius 3 is 2.69 bits per heavy atom. The van der Waals surface area contributed by atoms with Crippen molar-refractivity contribution < 1.29 is 9.53 Å². The minimum Gasteiger partial charge on any atom is -0.465 e. The summed E-state index contributed by atoms with van der Waals surface area (Å²) in [7, 11) is 1.24. The highest BCUT2D eigenvalue weighted by molar-refractivity contribution is 6.31. The standard InChI is InChI=1S/C21H17ClN4O3/c1-12-6-5-9-25-18(12)24-19-15(20(25)27)10-14(21(28)29-2)17(23)26(19)11-13-7-3-4-8-16(13)22/h3-10,23H,11H2,1-2H3. The van der Waals surface area contributed by atoms with Crippen molar-refractivity contribution in [2.75, 3.05) is 7.11 Å². The van der Waals surface area contributed by atoms with E-state index in [0.29, 0.717) is 16.3 Å². The first-order chi connectivity index (χ1) is 13.9. The van der Waals surface area contributed by atoms with Gasteiger partial charge in [0.15, 0.2) is 0 Å². The minimum atomic E-state index is -0.696. The Bertz CT molecular complexity index is 1410. The van der Waals surface area contributed by atoms with E-state index in [9.17, 15) is 9.59 Å². The average molecular weight is 409 g/mol. The summed E-state index contributed by atoms with van der Waals surface area (Å²) in [4.78, 5) is 30.1. The Labute approximate surface area is 170 Å². The molecule has 0 aliphatic heterocycles. The Hall–Kier alpha value is -3.45. The zero-order chi connectivity index (χ0) is 20.7. The number of fused-ring (bicyclic) bond motifs is 2. The maximum atomic E-state index is 13.2. The molecule has 29 heavy (non-hydrogen) atoms. The topological polar surface area (TPSA) is 89.4 Å². The highest BCUT2D eigenvalue weighted by atomic mass is 35.5. The van der Waals surface area contributed by atoms with Crippen molar-refractivity contribution in [3.8, 4) is 0 Å². The monoisotopic (exact) mass is 408 g/mol. The predicted octanol–water partition coefficient (Wildman–Crippen LogP) is 2.93. The summed E-state index contributed by atoms with van der Waals surface area (Å²) < 4.78 is 7.76. The Kier molecular flexibility index (Phi) is 4.68. The van der Waals surface area contributed by atoms with Crippen LogP contribution in [0.2, 0.25) is 5.02 Å². The molecule has 0 bridgehead atoms. The number of esters is 1. The number of hydrogen-bond acceptors (Lipinski definition) is 5. The highest BCUT2D eigenvalue weighted by Crippen LogP contribution is 2.19. The molecule has 0 unspecified atom stereocenters. The lowest BCUT2D eigenvalue weighted by Crippen LogP contribution is -2.31. The molecular formula is C21H17ClN4O3. The van der Waals surface area contributed by atoms with Gasteiger partial charge in [-0.05, 0) is 36.2 Å². The van der Waals surface area contributed by atoms with E-state index in [1.807, 2.05) is 31.2 Å². The number of ether oxygens (including phenoxy) is 1. The molecule has 0 aliphatic rings. The van der Waals surface area contributed by atoms with E-state index in [1.54, 1.807) is 18.3 Å². The number of hydrogen-bond donors (Lipinski definition) is 1. The van der Waals surface area contributed by atoms with Crippen molar-refractivity contribution in [2.45, 2.75) is 13.5 Å². The Balaban J connectivity index is 2.15. The Morgan fingerprint density at radius 1 is 1.21 bits per heavy atom. The molecule has 0 spiro atoms. The van der Waals surface area contributed by atoms with Crippen LogP contribution in [0, 0.1) is 12.3 Å². The maximum Gasteiger partial charge on any atom is 0.341 e. The Morgan fingerprint density at radius 2 is 1.97 bits per heavy atom. The fraction of sp³-hybridized carbons (Fsp3) is 0.143. The third-order valence-electron chi connectivity index (χ3n) is 4.83. The van der Waals surface area contributed by atoms with Crippen LogP contribution in [0.1, 0.15) is 21.5 Å². The molecule has 3 aromatic heterocycles. The highest BCUT2D eigenvalue weighted by Gasteiger charge is 2.19. The van der Waals surface area contributed by atoms with E-state index in [-0.39, 0.29) is 28.5 Å². The number of carbonyl (C=O) groups is 1. The SMILES string of the molecule is COC(=O)c1cc2c(=O)n3cccc(C)c3nc2n(Cc2ccccc2Cl)c1=N. The third kappa shape index (κ3) is 3.09. The normalized spacial score (nSPS) is 11.1. The maximum absolute atomic E-state index is 13.2. The second-order valence-corrected chi connectivity index (χ2v) is 7.02. The molecule has 0 aliphatic carbocycles. The summed E-state index contributed by atoms with van der Waals surface area (Å²) in [5, 5.41) is 9.32. The molecule has 0 atom stereocenters. The summed E-state index contributed by atoms with van der Waals surface area (Å²) in [6.07, 6.45) is 1.63. The van der Waals surface area contributed by atoms with Gasteiger partial charge in [0, 0.05) is 11.2 Å². The van der Waals surface area contributed by atoms with Gasteiger partial charge in [0.05, 0.1) is 19.0 Å². The van der Waals surface area contributed by atoms with E-state index >= 15 is 0 Å². The zero-order valence-electron chi connectivity index (χ0n) is 15.8. The number of carbonyl (C=O) groups excluding carboxylic acids is 1. The molecular weight excluding hydrogens is 392 g/mol. The number of aryl methyl sites for hydroxylation is 1. The number of aromatic nitrogens is 3. The van der Waals surface area contributed by atoms with E-state index in [2.05, 4.69) is 4.98 Å². The second-order valence-electron chi connectivity index (χ2n) is 6.61. The third-order valence-corrected chi connectivity index (χ3v) is 5.19. The fourth-order valence-electron chi connectivity index (χ4n) is 3.31. The van der Waals surface area contributed by atoms with Crippen molar-refractivity contribution >= 4 is 34.3 Å². The molecule has 1 N–H and O–H groups in total. The molecule has 0 amide bonds. The molecule has 7 nitrogen and oxygen atoms in total. The van der Waals surface area contributed by atoms with Crippen LogP contribution in [0.5, 0.6) is 0 Å². The lowest BCUT2D eigenvalue weighted by Gasteiger charge is -2.15. The van der Waals surface area contributed by atoms with Crippen LogP contribution in [0.4, 0.5) is 0 Å². The number of halogens is 1. The van der Waals surface area contributed by atoms with Crippen molar-refractivity contribution in [2.24, 2.45) is 0 Å². The average Bonchev–Trinajstić information content (AvgIpc) is 2.72. The van der Waals surface area contributed by atoms with Crippen LogP contribution in [0.3, 0.4) is 0 Å². The first kappa shape index (κ1) is 18.9. The summed E-state index contributed by atoms with van der Waals surface area (Å²) in [5.41, 5.74) is 1.91. The summed E-state index contributed by atoms with van der Waals surface area (Å²) >= 11 is 6.31. The smallest absolute Gasteiger partial charge is 0.341 e. The van der Waals surface area contributed by atoms with Gasteiger partial charge in [-0.25, -0.2) is 9.78 Å². The number of nitrogens with one attached hydrogen (secondary N) is 1. The van der Waals surface area contributed by atoms with E-state index < -0.39 is 5.97 Å². The lowest BCUT2D eigenvalue weighted by atomic mass is 10.1. The van der Waals surface area contributed by atoms with Crippen LogP contribution in [0.25, 0.3) is 16.7 Å². The predicted molar refractivity (Wildman–Crippen MR) is 109 cm³/mol. The van der Waals surface area contributed by atoms with Crippen molar-refractivity contribution in [3.63, 3.8) is 0 Å². The van der Waals surface area contributed by atoms with Gasteiger partial charge >= 0.3 is 5.97 Å². The lowest BCUT2D eigenvalue weighted by molar-refractivity contribution is 0.0597. The molecule has 1 aromatic carbocycles.